The van der Waals surface area contributed by atoms with E-state index in [1.165, 1.54) is 38.1 Å². The van der Waals surface area contributed by atoms with E-state index in [9.17, 15) is 23.7 Å². The molecule has 0 atom stereocenters. The number of hydrogen-bond acceptors (Lipinski definition) is 7. The predicted octanol–water partition coefficient (Wildman–Crippen LogP) is 3.70. The molecule has 2 rings (SSSR count). The lowest BCUT2D eigenvalue weighted by molar-refractivity contribution is -0.116. The van der Waals surface area contributed by atoms with Crippen LogP contribution in [0.5, 0.6) is 0 Å². The third-order valence-electron chi connectivity index (χ3n) is 3.78. The first kappa shape index (κ1) is 22.4. The Labute approximate surface area is 171 Å². The van der Waals surface area contributed by atoms with Crippen LogP contribution in [0.4, 0.5) is 32.2 Å². The van der Waals surface area contributed by atoms with Gasteiger partial charge >= 0.3 is 6.09 Å². The fourth-order valence-electron chi connectivity index (χ4n) is 2.50. The number of ether oxygens (including phenoxy) is 1. The van der Waals surface area contributed by atoms with Crippen molar-refractivity contribution >= 4 is 40.9 Å². The number of amides is 3. The number of anilines is 3. The van der Waals surface area contributed by atoms with E-state index in [2.05, 4.69) is 20.8 Å². The van der Waals surface area contributed by atoms with Crippen LogP contribution in [-0.4, -0.2) is 29.5 Å². The largest absolute Gasteiger partial charge is 0.450 e. The van der Waals surface area contributed by atoms with Gasteiger partial charge in [0.1, 0.15) is 5.82 Å². The number of aromatic nitrogens is 1. The smallest absolute Gasteiger partial charge is 0.411 e. The van der Waals surface area contributed by atoms with Crippen molar-refractivity contribution in [2.75, 3.05) is 22.1 Å². The van der Waals surface area contributed by atoms with E-state index in [1.54, 1.807) is 6.92 Å². The molecule has 0 saturated carbocycles. The van der Waals surface area contributed by atoms with Crippen molar-refractivity contribution in [2.45, 2.75) is 27.3 Å². The van der Waals surface area contributed by atoms with Crippen molar-refractivity contribution in [2.24, 2.45) is 5.18 Å². The maximum Gasteiger partial charge on any atom is 0.411 e. The molecule has 0 spiro atoms. The molecule has 0 bridgehead atoms. The number of carbonyl (C=O) groups excluding carboxylic acids is 3. The number of carbonyl (C=O) groups is 3. The zero-order valence-electron chi connectivity index (χ0n) is 16.6. The number of nitrogens with one attached hydrogen (secondary N) is 2. The number of nitroso groups, excluding NO2 is 1. The molecule has 1 aromatic carbocycles. The molecule has 0 aliphatic rings. The summed E-state index contributed by atoms with van der Waals surface area (Å²) in [5.74, 6) is -1.66. The SMILES string of the molecule is CCOC(=O)Nc1cc(N=O)c(N(Cc2ccc(F)cc2)C(C)=O)nc1NC(C)=O. The normalized spacial score (nSPS) is 10.1. The van der Waals surface area contributed by atoms with Crippen molar-refractivity contribution < 1.29 is 23.5 Å². The van der Waals surface area contributed by atoms with Gasteiger partial charge in [0, 0.05) is 13.8 Å². The summed E-state index contributed by atoms with van der Waals surface area (Å²) in [4.78, 5) is 52.3. The molecule has 1 heterocycles. The number of benzene rings is 1. The molecule has 0 fully saturated rings. The highest BCUT2D eigenvalue weighted by molar-refractivity contribution is 5.99. The molecule has 11 heteroatoms. The van der Waals surface area contributed by atoms with E-state index >= 15 is 0 Å². The first-order valence-corrected chi connectivity index (χ1v) is 8.87. The van der Waals surface area contributed by atoms with Gasteiger partial charge in [-0.3, -0.25) is 19.8 Å². The van der Waals surface area contributed by atoms with Gasteiger partial charge in [-0.2, -0.15) is 0 Å². The van der Waals surface area contributed by atoms with Crippen LogP contribution in [0.1, 0.15) is 26.3 Å². The second kappa shape index (κ2) is 10.0. The van der Waals surface area contributed by atoms with Gasteiger partial charge in [-0.15, -0.1) is 4.91 Å². The van der Waals surface area contributed by atoms with Gasteiger partial charge in [-0.05, 0) is 35.9 Å². The minimum Gasteiger partial charge on any atom is -0.450 e. The van der Waals surface area contributed by atoms with E-state index in [-0.39, 0.29) is 36.2 Å². The quantitative estimate of drug-likeness (QED) is 0.661. The van der Waals surface area contributed by atoms with Crippen LogP contribution in [0.3, 0.4) is 0 Å². The number of hydrogen-bond donors (Lipinski definition) is 2. The Balaban J connectivity index is 2.52. The first-order chi connectivity index (χ1) is 14.2. The van der Waals surface area contributed by atoms with Crippen LogP contribution in [0.2, 0.25) is 0 Å². The van der Waals surface area contributed by atoms with Crippen molar-refractivity contribution in [3.63, 3.8) is 0 Å². The van der Waals surface area contributed by atoms with E-state index in [1.807, 2.05) is 0 Å². The highest BCUT2D eigenvalue weighted by atomic mass is 19.1. The van der Waals surface area contributed by atoms with Crippen molar-refractivity contribution in [3.05, 3.63) is 46.6 Å². The molecule has 2 aromatic rings. The Morgan fingerprint density at radius 3 is 2.37 bits per heavy atom. The van der Waals surface area contributed by atoms with Crippen LogP contribution in [0.15, 0.2) is 35.5 Å². The summed E-state index contributed by atoms with van der Waals surface area (Å²) in [6, 6.07) is 6.58. The Hall–Kier alpha value is -3.89. The summed E-state index contributed by atoms with van der Waals surface area (Å²) in [6.07, 6.45) is -0.828. The van der Waals surface area contributed by atoms with Gasteiger partial charge in [0.05, 0.1) is 18.8 Å². The van der Waals surface area contributed by atoms with Crippen molar-refractivity contribution in [1.29, 1.82) is 0 Å². The number of halogens is 1. The summed E-state index contributed by atoms with van der Waals surface area (Å²) in [5, 5.41) is 7.68. The third kappa shape index (κ3) is 5.80. The molecular formula is C19H20FN5O5. The average molecular weight is 417 g/mol. The van der Waals surface area contributed by atoms with Gasteiger partial charge in [-0.25, -0.2) is 14.2 Å². The summed E-state index contributed by atoms with van der Waals surface area (Å²) < 4.78 is 18.0. The second-order valence-electron chi connectivity index (χ2n) is 6.08. The van der Waals surface area contributed by atoms with Gasteiger partial charge in [-0.1, -0.05) is 12.1 Å². The van der Waals surface area contributed by atoms with Gasteiger partial charge in [0.15, 0.2) is 17.3 Å². The number of rotatable bonds is 7. The zero-order chi connectivity index (χ0) is 22.3. The molecule has 158 valence electrons. The number of pyridine rings is 1. The fraction of sp³-hybridized carbons (Fsp3) is 0.263. The minimum atomic E-state index is -0.828. The van der Waals surface area contributed by atoms with Gasteiger partial charge in [0.25, 0.3) is 0 Å². The Bertz CT molecular complexity index is 965. The fourth-order valence-corrected chi connectivity index (χ4v) is 2.50. The van der Waals surface area contributed by atoms with Crippen LogP contribution >= 0.6 is 0 Å². The molecule has 0 radical (unpaired) electrons. The topological polar surface area (TPSA) is 130 Å². The molecule has 30 heavy (non-hydrogen) atoms. The monoisotopic (exact) mass is 417 g/mol. The second-order valence-corrected chi connectivity index (χ2v) is 6.08. The zero-order valence-corrected chi connectivity index (χ0v) is 16.6. The summed E-state index contributed by atoms with van der Waals surface area (Å²) in [6.45, 7) is 4.15. The molecule has 10 nitrogen and oxygen atoms in total. The first-order valence-electron chi connectivity index (χ1n) is 8.87. The molecule has 2 N–H and O–H groups in total. The standard InChI is InChI=1S/C19H20FN5O5/c1-4-30-19(28)22-15-9-16(24-29)18(23-17(15)21-11(2)26)25(12(3)27)10-13-5-7-14(20)8-6-13/h5-9H,4,10H2,1-3H3,(H,22,28)(H,21,23,26). The summed E-state index contributed by atoms with van der Waals surface area (Å²) in [5.41, 5.74) is 0.278. The molecule has 0 aliphatic heterocycles. The molecule has 0 aliphatic carbocycles. The lowest BCUT2D eigenvalue weighted by atomic mass is 10.2. The lowest BCUT2D eigenvalue weighted by Gasteiger charge is -2.23. The van der Waals surface area contributed by atoms with Crippen molar-refractivity contribution in [1.82, 2.24) is 4.98 Å². The maximum absolute atomic E-state index is 13.2. The van der Waals surface area contributed by atoms with Crippen LogP contribution < -0.4 is 15.5 Å². The Kier molecular flexibility index (Phi) is 7.50. The van der Waals surface area contributed by atoms with Crippen LogP contribution in [-0.2, 0) is 20.9 Å². The highest BCUT2D eigenvalue weighted by Crippen LogP contribution is 2.35. The van der Waals surface area contributed by atoms with E-state index in [4.69, 9.17) is 4.74 Å². The van der Waals surface area contributed by atoms with Crippen LogP contribution in [0, 0.1) is 10.7 Å². The van der Waals surface area contributed by atoms with Gasteiger partial charge < -0.3 is 10.1 Å². The number of nitrogens with zero attached hydrogens (tertiary/aromatic N) is 3. The summed E-state index contributed by atoms with van der Waals surface area (Å²) >= 11 is 0. The average Bonchev–Trinajstić information content (AvgIpc) is 2.68. The predicted molar refractivity (Wildman–Crippen MR) is 108 cm³/mol. The Morgan fingerprint density at radius 1 is 1.17 bits per heavy atom. The molecule has 0 unspecified atom stereocenters. The Morgan fingerprint density at radius 2 is 1.83 bits per heavy atom. The third-order valence-corrected chi connectivity index (χ3v) is 3.78. The summed E-state index contributed by atoms with van der Waals surface area (Å²) in [7, 11) is 0. The maximum atomic E-state index is 13.2. The van der Waals surface area contributed by atoms with Crippen molar-refractivity contribution in [3.8, 4) is 0 Å². The molecule has 0 saturated heterocycles. The molecule has 1 aromatic heterocycles. The molecular weight excluding hydrogens is 397 g/mol. The molecule has 3 amide bonds. The van der Waals surface area contributed by atoms with E-state index in [0.717, 1.165) is 11.0 Å². The van der Waals surface area contributed by atoms with Gasteiger partial charge in [0.2, 0.25) is 11.8 Å². The lowest BCUT2D eigenvalue weighted by Crippen LogP contribution is -2.29. The minimum absolute atomic E-state index is 0.0324. The van der Waals surface area contributed by atoms with E-state index in [0.29, 0.717) is 5.56 Å². The van der Waals surface area contributed by atoms with Crippen LogP contribution in [0.25, 0.3) is 0 Å². The highest BCUT2D eigenvalue weighted by Gasteiger charge is 2.23. The van der Waals surface area contributed by atoms with E-state index < -0.39 is 23.7 Å².